The fraction of sp³-hybridized carbons (Fsp3) is 0.818. The third-order valence-corrected chi connectivity index (χ3v) is 5.13. The summed E-state index contributed by atoms with van der Waals surface area (Å²) in [6.45, 7) is 17.1. The molecule has 0 aliphatic rings. The third-order valence-electron chi connectivity index (χ3n) is 3.41. The van der Waals surface area contributed by atoms with Crippen molar-refractivity contribution in [1.29, 1.82) is 0 Å². The van der Waals surface area contributed by atoms with Crippen molar-refractivity contribution in [3.8, 4) is 0 Å². The molecule has 0 saturated carbocycles. The lowest BCUT2D eigenvalue weighted by Crippen LogP contribution is -2.54. The first kappa shape index (κ1) is 32.8. The summed E-state index contributed by atoms with van der Waals surface area (Å²) < 4.78 is 38.8. The molecule has 0 aromatic carbocycles. The Kier molecular flexibility index (Phi) is 11.9. The Balaban J connectivity index is 6.38. The molecule has 0 bridgehead atoms. The van der Waals surface area contributed by atoms with Crippen LogP contribution in [-0.4, -0.2) is 65.0 Å². The van der Waals surface area contributed by atoms with E-state index in [2.05, 4.69) is 5.09 Å². The maximum absolute atomic E-state index is 13.1. The van der Waals surface area contributed by atoms with E-state index in [1.165, 1.54) is 0 Å². The molecule has 13 heteroatoms. The van der Waals surface area contributed by atoms with Gasteiger partial charge >= 0.3 is 25.9 Å². The number of carbonyl (C=O) groups excluding carboxylic acids is 4. The van der Waals surface area contributed by atoms with Crippen LogP contribution in [0.4, 0.5) is 9.59 Å². The van der Waals surface area contributed by atoms with E-state index < -0.39 is 61.1 Å². The van der Waals surface area contributed by atoms with Crippen LogP contribution in [0.5, 0.6) is 0 Å². The van der Waals surface area contributed by atoms with E-state index in [1.54, 1.807) is 76.2 Å². The average molecular weight is 525 g/mol. The highest BCUT2D eigenvalue weighted by molar-refractivity contribution is 7.52. The lowest BCUT2D eigenvalue weighted by atomic mass is 10.1. The molecule has 3 amide bonds. The number of esters is 1. The van der Waals surface area contributed by atoms with Gasteiger partial charge in [-0.25, -0.2) is 18.9 Å². The summed E-state index contributed by atoms with van der Waals surface area (Å²) in [4.78, 5) is 52.4. The molecule has 0 rings (SSSR count). The van der Waals surface area contributed by atoms with E-state index in [4.69, 9.17) is 23.3 Å². The molecule has 0 radical (unpaired) electrons. The van der Waals surface area contributed by atoms with Crippen molar-refractivity contribution in [2.45, 2.75) is 105 Å². The molecule has 0 unspecified atom stereocenters. The number of rotatable bonds is 9. The van der Waals surface area contributed by atoms with Gasteiger partial charge in [-0.1, -0.05) is 0 Å². The van der Waals surface area contributed by atoms with Crippen molar-refractivity contribution in [3.05, 3.63) is 0 Å². The number of amides is 3. The van der Waals surface area contributed by atoms with Crippen LogP contribution < -0.4 is 5.09 Å². The largest absolute Gasteiger partial charge is 0.458 e. The normalized spacial score (nSPS) is 13.5. The van der Waals surface area contributed by atoms with Gasteiger partial charge in [0.1, 0.15) is 16.8 Å². The lowest BCUT2D eigenvalue weighted by Gasteiger charge is -2.33. The van der Waals surface area contributed by atoms with Crippen molar-refractivity contribution >= 4 is 31.8 Å². The molecule has 0 saturated heterocycles. The maximum atomic E-state index is 13.1. The first-order valence-corrected chi connectivity index (χ1v) is 12.9. The molecule has 204 valence electrons. The molecule has 0 aliphatic heterocycles. The van der Waals surface area contributed by atoms with Crippen LogP contribution in [0.25, 0.3) is 0 Å². The van der Waals surface area contributed by atoms with Crippen LogP contribution in [0.3, 0.4) is 0 Å². The second-order valence-corrected chi connectivity index (χ2v) is 12.2. The van der Waals surface area contributed by atoms with Crippen molar-refractivity contribution in [3.63, 3.8) is 0 Å². The quantitative estimate of drug-likeness (QED) is 0.259. The zero-order valence-corrected chi connectivity index (χ0v) is 23.6. The van der Waals surface area contributed by atoms with Crippen LogP contribution in [0.1, 0.15) is 82.6 Å². The first-order valence-electron chi connectivity index (χ1n) is 11.3. The second kappa shape index (κ2) is 12.7. The van der Waals surface area contributed by atoms with Crippen LogP contribution in [0, 0.1) is 0 Å². The van der Waals surface area contributed by atoms with E-state index in [9.17, 15) is 23.7 Å². The van der Waals surface area contributed by atoms with Gasteiger partial charge in [0.25, 0.3) is 0 Å². The molecule has 0 aliphatic carbocycles. The molecule has 12 nitrogen and oxygen atoms in total. The Morgan fingerprint density at radius 2 is 1.11 bits per heavy atom. The smallest absolute Gasteiger partial charge is 0.434 e. The number of hydrogen-bond donors (Lipinski definition) is 1. The zero-order chi connectivity index (χ0) is 27.8. The van der Waals surface area contributed by atoms with Gasteiger partial charge in [-0.3, -0.25) is 18.9 Å². The van der Waals surface area contributed by atoms with Gasteiger partial charge in [0.15, 0.2) is 6.04 Å². The van der Waals surface area contributed by atoms with Crippen LogP contribution in [-0.2, 0) is 37.4 Å². The predicted octanol–water partition coefficient (Wildman–Crippen LogP) is 4.56. The predicted molar refractivity (Wildman–Crippen MR) is 128 cm³/mol. The Bertz CT molecular complexity index is 771. The average Bonchev–Trinajstić information content (AvgIpc) is 2.56. The summed E-state index contributed by atoms with van der Waals surface area (Å²) in [5, 5.41) is 2.11. The summed E-state index contributed by atoms with van der Waals surface area (Å²) in [7, 11) is -4.05. The fourth-order valence-corrected chi connectivity index (χ4v) is 3.70. The topological polar surface area (TPSA) is 147 Å². The van der Waals surface area contributed by atoms with Gasteiger partial charge in [0.05, 0.1) is 19.6 Å². The van der Waals surface area contributed by atoms with E-state index in [-0.39, 0.29) is 13.2 Å². The van der Waals surface area contributed by atoms with Gasteiger partial charge < -0.3 is 14.2 Å². The Morgan fingerprint density at radius 1 is 0.743 bits per heavy atom. The highest BCUT2D eigenvalue weighted by Gasteiger charge is 2.44. The third kappa shape index (κ3) is 13.5. The number of ether oxygens (including phenoxy) is 3. The number of hydrogen-bond acceptors (Lipinski definition) is 10. The van der Waals surface area contributed by atoms with Crippen molar-refractivity contribution in [1.82, 2.24) is 9.99 Å². The number of nitrogens with one attached hydrogen (secondary N) is 1. The number of nitrogens with zero attached hydrogens (tertiary/aromatic N) is 1. The molecule has 0 spiro atoms. The molecule has 0 heterocycles. The highest BCUT2D eigenvalue weighted by Crippen LogP contribution is 2.43. The molecule has 0 aromatic rings. The van der Waals surface area contributed by atoms with E-state index >= 15 is 0 Å². The van der Waals surface area contributed by atoms with Crippen LogP contribution in [0.15, 0.2) is 0 Å². The lowest BCUT2D eigenvalue weighted by molar-refractivity contribution is -0.162. The minimum atomic E-state index is -4.05. The summed E-state index contributed by atoms with van der Waals surface area (Å²) in [5.74, 6) is -2.07. The number of imide groups is 1. The van der Waals surface area contributed by atoms with E-state index in [0.717, 1.165) is 0 Å². The standard InChI is InChI=1S/C22H41N2O10P/c1-12-30-35(29,31-13-2)23-16(25)14-15(17(26)32-20(3,4)5)24(18(27)33-21(6,7)8)19(28)34-22(9,10)11/h15H,12-14H2,1-11H3,(H,23,25,29)/t15-/m0/s1. The van der Waals surface area contributed by atoms with E-state index in [1.807, 2.05) is 0 Å². The molecule has 1 atom stereocenters. The molecule has 0 aromatic heterocycles. The van der Waals surface area contributed by atoms with Crippen molar-refractivity contribution in [2.75, 3.05) is 13.2 Å². The summed E-state index contributed by atoms with van der Waals surface area (Å²) in [6, 6.07) is -1.81. The van der Waals surface area contributed by atoms with Gasteiger partial charge in [-0.2, -0.15) is 4.90 Å². The Labute approximate surface area is 207 Å². The molecular weight excluding hydrogens is 483 g/mol. The molecule has 0 fully saturated rings. The van der Waals surface area contributed by atoms with E-state index in [0.29, 0.717) is 4.90 Å². The fourth-order valence-electron chi connectivity index (χ4n) is 2.42. The monoisotopic (exact) mass is 524 g/mol. The first-order chi connectivity index (χ1) is 15.6. The summed E-state index contributed by atoms with van der Waals surface area (Å²) in [6.07, 6.45) is -3.28. The van der Waals surface area contributed by atoms with Crippen LogP contribution in [0.2, 0.25) is 0 Å². The van der Waals surface area contributed by atoms with Crippen molar-refractivity contribution in [2.24, 2.45) is 0 Å². The van der Waals surface area contributed by atoms with Crippen LogP contribution >= 0.6 is 7.75 Å². The van der Waals surface area contributed by atoms with Gasteiger partial charge in [-0.05, 0) is 76.2 Å². The maximum Gasteiger partial charge on any atom is 0.434 e. The molecule has 35 heavy (non-hydrogen) atoms. The highest BCUT2D eigenvalue weighted by atomic mass is 31.2. The van der Waals surface area contributed by atoms with Gasteiger partial charge in [-0.15, -0.1) is 0 Å². The molecule has 1 N–H and O–H groups in total. The van der Waals surface area contributed by atoms with Gasteiger partial charge in [0, 0.05) is 0 Å². The Hall–Kier alpha value is -2.17. The van der Waals surface area contributed by atoms with Gasteiger partial charge in [0.2, 0.25) is 5.91 Å². The summed E-state index contributed by atoms with van der Waals surface area (Å²) >= 11 is 0. The minimum Gasteiger partial charge on any atom is -0.458 e. The van der Waals surface area contributed by atoms with Crippen molar-refractivity contribution < 1.29 is 47.0 Å². The minimum absolute atomic E-state index is 0.0327. The zero-order valence-electron chi connectivity index (χ0n) is 22.7. The summed E-state index contributed by atoms with van der Waals surface area (Å²) in [5.41, 5.74) is -3.11. The SMILES string of the molecule is CCOP(=O)(NC(=O)C[C@@H](C(=O)OC(C)(C)C)N(C(=O)OC(C)(C)C)C(=O)OC(C)(C)C)OCC. The number of carbonyl (C=O) groups is 4. The second-order valence-electron chi connectivity index (χ2n) is 10.5. The Morgan fingerprint density at radius 3 is 1.43 bits per heavy atom. The molecular formula is C22H41N2O10P.